The molecule has 14 heavy (non-hydrogen) atoms. The highest BCUT2D eigenvalue weighted by molar-refractivity contribution is 4.75. The number of piperidine rings is 1. The van der Waals surface area contributed by atoms with Crippen molar-refractivity contribution >= 4 is 0 Å². The lowest BCUT2D eigenvalue weighted by Crippen LogP contribution is -2.41. The molecule has 0 bridgehead atoms. The van der Waals surface area contributed by atoms with Crippen LogP contribution in [0.15, 0.2) is 0 Å². The molecular formula is C12H25NO. The zero-order valence-electron chi connectivity index (χ0n) is 10.1. The molecule has 1 aliphatic heterocycles. The molecule has 1 saturated heterocycles. The van der Waals surface area contributed by atoms with Crippen molar-refractivity contribution in [1.29, 1.82) is 0 Å². The Morgan fingerprint density at radius 2 is 2.00 bits per heavy atom. The Labute approximate surface area is 88.4 Å². The van der Waals surface area contributed by atoms with Crippen molar-refractivity contribution in [1.82, 2.24) is 5.32 Å². The Morgan fingerprint density at radius 3 is 2.50 bits per heavy atom. The molecule has 0 aromatic rings. The first kappa shape index (κ1) is 12.0. The Hall–Kier alpha value is -0.0800. The van der Waals surface area contributed by atoms with E-state index >= 15 is 0 Å². The fraction of sp³-hybridized carbons (Fsp3) is 1.00. The number of nitrogens with one attached hydrogen (secondary N) is 1. The minimum Gasteiger partial charge on any atom is -0.377 e. The molecule has 0 aromatic carbocycles. The molecule has 1 fully saturated rings. The average molecular weight is 199 g/mol. The molecule has 0 spiro atoms. The van der Waals surface area contributed by atoms with Crippen molar-refractivity contribution < 1.29 is 4.74 Å². The van der Waals surface area contributed by atoms with Gasteiger partial charge in [-0.1, -0.05) is 20.8 Å². The van der Waals surface area contributed by atoms with Crippen molar-refractivity contribution in [3.8, 4) is 0 Å². The summed E-state index contributed by atoms with van der Waals surface area (Å²) in [5, 5.41) is 3.45. The smallest absolute Gasteiger partial charge is 0.0700 e. The summed E-state index contributed by atoms with van der Waals surface area (Å²) in [6.45, 7) is 11.0. The monoisotopic (exact) mass is 199 g/mol. The molecule has 0 aliphatic carbocycles. The maximum Gasteiger partial charge on any atom is 0.0700 e. The lowest BCUT2D eigenvalue weighted by molar-refractivity contribution is 0.0183. The molecule has 2 nitrogen and oxygen atoms in total. The molecule has 1 rings (SSSR count). The molecule has 0 saturated carbocycles. The number of hydrogen-bond acceptors (Lipinski definition) is 2. The molecule has 0 amide bonds. The predicted molar refractivity (Wildman–Crippen MR) is 60.5 cm³/mol. The summed E-state index contributed by atoms with van der Waals surface area (Å²) >= 11 is 0. The van der Waals surface area contributed by atoms with Crippen LogP contribution in [0.3, 0.4) is 0 Å². The Bertz CT molecular complexity index is 154. The zero-order chi connectivity index (χ0) is 10.6. The summed E-state index contributed by atoms with van der Waals surface area (Å²) in [5.41, 5.74) is 0.398. The summed E-state index contributed by atoms with van der Waals surface area (Å²) in [4.78, 5) is 0. The normalized spacial score (nSPS) is 29.1. The van der Waals surface area contributed by atoms with E-state index in [0.29, 0.717) is 17.6 Å². The Morgan fingerprint density at radius 1 is 1.29 bits per heavy atom. The highest BCUT2D eigenvalue weighted by Gasteiger charge is 2.18. The van der Waals surface area contributed by atoms with Gasteiger partial charge in [-0.3, -0.25) is 0 Å². The van der Waals surface area contributed by atoms with E-state index in [1.54, 1.807) is 0 Å². The van der Waals surface area contributed by atoms with Crippen molar-refractivity contribution in [2.75, 3.05) is 13.2 Å². The summed E-state index contributed by atoms with van der Waals surface area (Å²) in [7, 11) is 0. The van der Waals surface area contributed by atoms with Gasteiger partial charge >= 0.3 is 0 Å². The molecule has 2 unspecified atom stereocenters. The van der Waals surface area contributed by atoms with Gasteiger partial charge in [0.05, 0.1) is 6.10 Å². The van der Waals surface area contributed by atoms with Gasteiger partial charge in [0.15, 0.2) is 0 Å². The molecule has 0 radical (unpaired) electrons. The van der Waals surface area contributed by atoms with Gasteiger partial charge in [-0.2, -0.15) is 0 Å². The average Bonchev–Trinajstić information content (AvgIpc) is 2.06. The van der Waals surface area contributed by atoms with E-state index in [0.717, 1.165) is 19.6 Å². The molecule has 0 aromatic heterocycles. The zero-order valence-corrected chi connectivity index (χ0v) is 10.1. The van der Waals surface area contributed by atoms with Gasteiger partial charge in [-0.15, -0.1) is 0 Å². The second kappa shape index (κ2) is 5.13. The molecule has 1 N–H and O–H groups in total. The van der Waals surface area contributed by atoms with Crippen molar-refractivity contribution in [3.63, 3.8) is 0 Å². The van der Waals surface area contributed by atoms with E-state index in [-0.39, 0.29) is 0 Å². The summed E-state index contributed by atoms with van der Waals surface area (Å²) in [6, 6.07) is 0.678. The van der Waals surface area contributed by atoms with Crippen LogP contribution in [0, 0.1) is 5.41 Å². The standard InChI is InChI=1S/C12H25NO/c1-10-5-6-11(9-13-10)14-8-7-12(2,3)4/h10-11,13H,5-9H2,1-4H3. The Balaban J connectivity index is 2.08. The topological polar surface area (TPSA) is 21.3 Å². The third kappa shape index (κ3) is 4.97. The van der Waals surface area contributed by atoms with E-state index < -0.39 is 0 Å². The summed E-state index contributed by atoms with van der Waals surface area (Å²) in [5.74, 6) is 0. The maximum atomic E-state index is 5.84. The van der Waals surface area contributed by atoms with E-state index in [4.69, 9.17) is 4.74 Å². The summed E-state index contributed by atoms with van der Waals surface area (Å²) in [6.07, 6.45) is 4.07. The van der Waals surface area contributed by atoms with Gasteiger partial charge in [0.2, 0.25) is 0 Å². The van der Waals surface area contributed by atoms with Crippen LogP contribution in [0.4, 0.5) is 0 Å². The maximum absolute atomic E-state index is 5.84. The molecule has 2 heteroatoms. The largest absolute Gasteiger partial charge is 0.377 e. The van der Waals surface area contributed by atoms with E-state index in [9.17, 15) is 0 Å². The third-order valence-electron chi connectivity index (χ3n) is 2.82. The first-order valence-corrected chi connectivity index (χ1v) is 5.82. The van der Waals surface area contributed by atoms with Gasteiger partial charge in [-0.25, -0.2) is 0 Å². The molecule has 1 heterocycles. The van der Waals surface area contributed by atoms with Gasteiger partial charge in [-0.05, 0) is 31.6 Å². The minimum atomic E-state index is 0.398. The van der Waals surface area contributed by atoms with Gasteiger partial charge in [0.1, 0.15) is 0 Å². The predicted octanol–water partition coefficient (Wildman–Crippen LogP) is 2.58. The van der Waals surface area contributed by atoms with Crippen LogP contribution in [0.5, 0.6) is 0 Å². The minimum absolute atomic E-state index is 0.398. The first-order chi connectivity index (χ1) is 6.47. The van der Waals surface area contributed by atoms with Crippen LogP contribution in [-0.4, -0.2) is 25.3 Å². The molecule has 2 atom stereocenters. The highest BCUT2D eigenvalue weighted by Crippen LogP contribution is 2.19. The van der Waals surface area contributed by atoms with Crippen molar-refractivity contribution in [3.05, 3.63) is 0 Å². The second-order valence-electron chi connectivity index (χ2n) is 5.69. The van der Waals surface area contributed by atoms with Gasteiger partial charge < -0.3 is 10.1 Å². The first-order valence-electron chi connectivity index (χ1n) is 5.82. The van der Waals surface area contributed by atoms with Crippen LogP contribution in [-0.2, 0) is 4.74 Å². The fourth-order valence-corrected chi connectivity index (χ4v) is 1.65. The van der Waals surface area contributed by atoms with Crippen LogP contribution < -0.4 is 5.32 Å². The van der Waals surface area contributed by atoms with Gasteiger partial charge in [0, 0.05) is 19.2 Å². The highest BCUT2D eigenvalue weighted by atomic mass is 16.5. The van der Waals surface area contributed by atoms with E-state index in [1.807, 2.05) is 0 Å². The number of rotatable bonds is 3. The fourth-order valence-electron chi connectivity index (χ4n) is 1.65. The quantitative estimate of drug-likeness (QED) is 0.754. The van der Waals surface area contributed by atoms with Crippen molar-refractivity contribution in [2.24, 2.45) is 5.41 Å². The SMILES string of the molecule is CC1CCC(OCCC(C)(C)C)CN1. The van der Waals surface area contributed by atoms with Crippen molar-refractivity contribution in [2.45, 2.75) is 59.1 Å². The lowest BCUT2D eigenvalue weighted by atomic mass is 9.93. The number of hydrogen-bond donors (Lipinski definition) is 1. The van der Waals surface area contributed by atoms with Crippen LogP contribution in [0.2, 0.25) is 0 Å². The summed E-state index contributed by atoms with van der Waals surface area (Å²) < 4.78 is 5.84. The lowest BCUT2D eigenvalue weighted by Gasteiger charge is -2.28. The van der Waals surface area contributed by atoms with Crippen LogP contribution >= 0.6 is 0 Å². The van der Waals surface area contributed by atoms with E-state index in [1.165, 1.54) is 12.8 Å². The molecular weight excluding hydrogens is 174 g/mol. The van der Waals surface area contributed by atoms with E-state index in [2.05, 4.69) is 33.0 Å². The molecule has 84 valence electrons. The molecule has 1 aliphatic rings. The number of ether oxygens (including phenoxy) is 1. The Kier molecular flexibility index (Phi) is 4.39. The van der Waals surface area contributed by atoms with Crippen LogP contribution in [0.1, 0.15) is 47.0 Å². The van der Waals surface area contributed by atoms with Gasteiger partial charge in [0.25, 0.3) is 0 Å². The third-order valence-corrected chi connectivity index (χ3v) is 2.82. The van der Waals surface area contributed by atoms with Crippen LogP contribution in [0.25, 0.3) is 0 Å². The second-order valence-corrected chi connectivity index (χ2v) is 5.69.